The van der Waals surface area contributed by atoms with Crippen LogP contribution in [0.25, 0.3) is 0 Å². The molecule has 4 aliphatic rings. The maximum absolute atomic E-state index is 10.8. The lowest BCUT2D eigenvalue weighted by Gasteiger charge is -2.60. The summed E-state index contributed by atoms with van der Waals surface area (Å²) in [5.74, 6) is 2.43. The fourth-order valence-corrected chi connectivity index (χ4v) is 5.65. The van der Waals surface area contributed by atoms with Crippen LogP contribution in [0.4, 0.5) is 0 Å². The minimum absolute atomic E-state index is 0.151. The van der Waals surface area contributed by atoms with Gasteiger partial charge in [-0.2, -0.15) is 0 Å². The van der Waals surface area contributed by atoms with Crippen molar-refractivity contribution in [3.05, 3.63) is 29.8 Å². The van der Waals surface area contributed by atoms with Gasteiger partial charge in [-0.05, 0) is 63.4 Å². The molecule has 2 unspecified atom stereocenters. The summed E-state index contributed by atoms with van der Waals surface area (Å²) in [7, 11) is 0. The monoisotopic (exact) mass is 301 g/mol. The first-order valence-electron chi connectivity index (χ1n) is 8.78. The predicted molar refractivity (Wildman–Crippen MR) is 86.8 cm³/mol. The lowest BCUT2D eigenvalue weighted by Crippen LogP contribution is -2.64. The zero-order chi connectivity index (χ0) is 15.2. The standard InChI is InChI=1S/C19H27NO2/c1-2-22-17-6-4-3-5-16(17)12-20-18-8-14-7-15(9-18)11-19(21,10-14)13-18/h3-6,14-15,20-21H,2,7-13H2,1H3/t14-,15+,18?,19?. The van der Waals surface area contributed by atoms with Crippen LogP contribution in [0.1, 0.15) is 51.0 Å². The Hall–Kier alpha value is -1.06. The first-order valence-corrected chi connectivity index (χ1v) is 8.78. The van der Waals surface area contributed by atoms with Crippen LogP contribution in [0.2, 0.25) is 0 Å². The van der Waals surface area contributed by atoms with E-state index in [-0.39, 0.29) is 5.54 Å². The molecule has 0 amide bonds. The van der Waals surface area contributed by atoms with Gasteiger partial charge in [0.1, 0.15) is 5.75 Å². The van der Waals surface area contributed by atoms with Crippen molar-refractivity contribution in [2.24, 2.45) is 11.8 Å². The molecule has 0 radical (unpaired) electrons. The Morgan fingerprint density at radius 3 is 2.59 bits per heavy atom. The Morgan fingerprint density at radius 1 is 1.18 bits per heavy atom. The highest BCUT2D eigenvalue weighted by Crippen LogP contribution is 2.57. The van der Waals surface area contributed by atoms with E-state index < -0.39 is 5.60 Å². The summed E-state index contributed by atoms with van der Waals surface area (Å²) < 4.78 is 5.74. The smallest absolute Gasteiger partial charge is 0.123 e. The van der Waals surface area contributed by atoms with E-state index in [4.69, 9.17) is 4.74 Å². The second-order valence-electron chi connectivity index (χ2n) is 7.86. The van der Waals surface area contributed by atoms with Crippen molar-refractivity contribution in [2.75, 3.05) is 6.61 Å². The van der Waals surface area contributed by atoms with Gasteiger partial charge < -0.3 is 15.2 Å². The molecule has 5 rings (SSSR count). The summed E-state index contributed by atoms with van der Waals surface area (Å²) >= 11 is 0. The Labute approximate surface area is 133 Å². The molecule has 22 heavy (non-hydrogen) atoms. The minimum Gasteiger partial charge on any atom is -0.494 e. The zero-order valence-electron chi connectivity index (χ0n) is 13.5. The molecule has 0 saturated heterocycles. The number of rotatable bonds is 5. The maximum atomic E-state index is 10.8. The second-order valence-corrected chi connectivity index (χ2v) is 7.86. The van der Waals surface area contributed by atoms with Crippen LogP contribution in [-0.2, 0) is 6.54 Å². The third-order valence-corrected chi connectivity index (χ3v) is 5.96. The maximum Gasteiger partial charge on any atom is 0.123 e. The van der Waals surface area contributed by atoms with Crippen molar-refractivity contribution in [1.82, 2.24) is 5.32 Å². The lowest BCUT2D eigenvalue weighted by atomic mass is 9.51. The van der Waals surface area contributed by atoms with Gasteiger partial charge in [0.25, 0.3) is 0 Å². The largest absolute Gasteiger partial charge is 0.494 e. The van der Waals surface area contributed by atoms with E-state index in [0.29, 0.717) is 6.61 Å². The summed E-state index contributed by atoms with van der Waals surface area (Å²) in [6.45, 7) is 3.57. The summed E-state index contributed by atoms with van der Waals surface area (Å²) in [5.41, 5.74) is 0.987. The van der Waals surface area contributed by atoms with Crippen LogP contribution in [0.3, 0.4) is 0 Å². The number of ether oxygens (including phenoxy) is 1. The van der Waals surface area contributed by atoms with E-state index in [1.165, 1.54) is 24.8 Å². The average Bonchev–Trinajstić information content (AvgIpc) is 2.44. The minimum atomic E-state index is -0.392. The normalized spacial score (nSPS) is 39.2. The number of hydrogen-bond acceptors (Lipinski definition) is 3. The fraction of sp³-hybridized carbons (Fsp3) is 0.684. The molecule has 4 aliphatic carbocycles. The van der Waals surface area contributed by atoms with Crippen LogP contribution < -0.4 is 10.1 Å². The third-order valence-electron chi connectivity index (χ3n) is 5.96. The van der Waals surface area contributed by atoms with Crippen LogP contribution in [0.5, 0.6) is 5.75 Å². The van der Waals surface area contributed by atoms with Crippen LogP contribution in [-0.4, -0.2) is 22.9 Å². The molecule has 3 nitrogen and oxygen atoms in total. The molecule has 0 heterocycles. The molecular formula is C19H27NO2. The van der Waals surface area contributed by atoms with Crippen LogP contribution in [0, 0.1) is 11.8 Å². The molecule has 120 valence electrons. The molecule has 1 aromatic rings. The van der Waals surface area contributed by atoms with Crippen molar-refractivity contribution in [2.45, 2.75) is 63.1 Å². The molecule has 4 saturated carbocycles. The Balaban J connectivity index is 1.50. The van der Waals surface area contributed by atoms with E-state index in [2.05, 4.69) is 17.4 Å². The highest BCUT2D eigenvalue weighted by Gasteiger charge is 2.56. The van der Waals surface area contributed by atoms with Crippen LogP contribution >= 0.6 is 0 Å². The van der Waals surface area contributed by atoms with Crippen molar-refractivity contribution in [3.8, 4) is 5.75 Å². The molecule has 0 spiro atoms. The molecule has 2 N–H and O–H groups in total. The molecule has 4 atom stereocenters. The Kier molecular flexibility index (Phi) is 3.46. The van der Waals surface area contributed by atoms with E-state index in [9.17, 15) is 5.11 Å². The topological polar surface area (TPSA) is 41.5 Å². The van der Waals surface area contributed by atoms with Gasteiger partial charge in [-0.1, -0.05) is 18.2 Å². The number of para-hydroxylation sites is 1. The lowest BCUT2D eigenvalue weighted by molar-refractivity contribution is -0.142. The van der Waals surface area contributed by atoms with E-state index in [1.54, 1.807) is 0 Å². The summed E-state index contributed by atoms with van der Waals surface area (Å²) in [6, 6.07) is 8.30. The van der Waals surface area contributed by atoms with Gasteiger partial charge in [0, 0.05) is 17.6 Å². The van der Waals surface area contributed by atoms with Crippen molar-refractivity contribution in [1.29, 1.82) is 0 Å². The number of benzene rings is 1. The van der Waals surface area contributed by atoms with Gasteiger partial charge in [0.15, 0.2) is 0 Å². The van der Waals surface area contributed by atoms with Gasteiger partial charge in [-0.15, -0.1) is 0 Å². The molecule has 0 aromatic heterocycles. The molecule has 3 heteroatoms. The van der Waals surface area contributed by atoms with Gasteiger partial charge in [-0.3, -0.25) is 0 Å². The molecule has 4 fully saturated rings. The van der Waals surface area contributed by atoms with E-state index in [1.807, 2.05) is 19.1 Å². The number of hydrogen-bond donors (Lipinski definition) is 2. The van der Waals surface area contributed by atoms with Gasteiger partial charge in [0.2, 0.25) is 0 Å². The number of nitrogens with one attached hydrogen (secondary N) is 1. The second kappa shape index (κ2) is 5.24. The number of aliphatic hydroxyl groups is 1. The van der Waals surface area contributed by atoms with Crippen LogP contribution in [0.15, 0.2) is 24.3 Å². The fourth-order valence-electron chi connectivity index (χ4n) is 5.65. The van der Waals surface area contributed by atoms with Gasteiger partial charge in [0.05, 0.1) is 12.2 Å². The summed E-state index contributed by atoms with van der Waals surface area (Å²) in [5, 5.41) is 14.7. The Morgan fingerprint density at radius 2 is 1.91 bits per heavy atom. The highest BCUT2D eigenvalue weighted by molar-refractivity contribution is 5.33. The molecule has 0 aliphatic heterocycles. The molecule has 4 bridgehead atoms. The third kappa shape index (κ3) is 2.55. The van der Waals surface area contributed by atoms with Gasteiger partial charge in [-0.25, -0.2) is 0 Å². The highest BCUT2D eigenvalue weighted by atomic mass is 16.5. The predicted octanol–water partition coefficient (Wildman–Crippen LogP) is 3.26. The summed E-state index contributed by atoms with van der Waals surface area (Å²) in [4.78, 5) is 0. The Bertz CT molecular complexity index is 542. The van der Waals surface area contributed by atoms with Crippen molar-refractivity contribution < 1.29 is 9.84 Å². The van der Waals surface area contributed by atoms with Crippen molar-refractivity contribution in [3.63, 3.8) is 0 Å². The first kappa shape index (κ1) is 14.5. The molecular weight excluding hydrogens is 274 g/mol. The quantitative estimate of drug-likeness (QED) is 0.877. The zero-order valence-corrected chi connectivity index (χ0v) is 13.5. The van der Waals surface area contributed by atoms with E-state index >= 15 is 0 Å². The molecule has 1 aromatic carbocycles. The SMILES string of the molecule is CCOc1ccccc1CNC12C[C@@H]3C[C@@H](CC(O)(C3)C1)C2. The van der Waals surface area contributed by atoms with E-state index in [0.717, 1.165) is 43.4 Å². The van der Waals surface area contributed by atoms with Crippen molar-refractivity contribution >= 4 is 0 Å². The first-order chi connectivity index (χ1) is 10.6. The van der Waals surface area contributed by atoms with Gasteiger partial charge >= 0.3 is 0 Å². The average molecular weight is 301 g/mol. The summed E-state index contributed by atoms with van der Waals surface area (Å²) in [6.07, 6.45) is 6.81.